The molecule has 2 aromatic heterocycles. The molecule has 2 aromatic carbocycles. The SMILES string of the molecule is CCc1cnc2c(c1Nc1ccc(Nc3ccccc3)cc1)c(=O)n(C)c(=O)n2C. The van der Waals surface area contributed by atoms with E-state index in [9.17, 15) is 9.59 Å². The second-order valence-electron chi connectivity index (χ2n) is 7.11. The molecule has 0 amide bonds. The molecule has 0 fully saturated rings. The highest BCUT2D eigenvalue weighted by Gasteiger charge is 2.16. The lowest BCUT2D eigenvalue weighted by molar-refractivity contribution is 0.707. The van der Waals surface area contributed by atoms with Crippen LogP contribution in [-0.4, -0.2) is 14.1 Å². The molecule has 0 saturated heterocycles. The molecule has 0 saturated carbocycles. The van der Waals surface area contributed by atoms with E-state index in [4.69, 9.17) is 0 Å². The van der Waals surface area contributed by atoms with E-state index >= 15 is 0 Å². The van der Waals surface area contributed by atoms with Crippen molar-refractivity contribution in [2.24, 2.45) is 14.1 Å². The molecule has 7 heteroatoms. The highest BCUT2D eigenvalue weighted by Crippen LogP contribution is 2.28. The van der Waals surface area contributed by atoms with Crippen LogP contribution in [0.2, 0.25) is 0 Å². The van der Waals surface area contributed by atoms with Gasteiger partial charge in [0, 0.05) is 37.4 Å². The van der Waals surface area contributed by atoms with Crippen LogP contribution in [0.15, 0.2) is 70.4 Å². The summed E-state index contributed by atoms with van der Waals surface area (Å²) in [7, 11) is 3.10. The van der Waals surface area contributed by atoms with Crippen molar-refractivity contribution in [3.63, 3.8) is 0 Å². The number of fused-ring (bicyclic) bond motifs is 1. The van der Waals surface area contributed by atoms with E-state index in [-0.39, 0.29) is 5.56 Å². The number of benzene rings is 2. The van der Waals surface area contributed by atoms with Gasteiger partial charge in [0.15, 0.2) is 5.65 Å². The van der Waals surface area contributed by atoms with Gasteiger partial charge in [-0.15, -0.1) is 0 Å². The fraction of sp³-hybridized carbons (Fsp3) is 0.174. The molecule has 0 aliphatic carbocycles. The number of nitrogens with one attached hydrogen (secondary N) is 2. The number of aryl methyl sites for hydroxylation is 2. The van der Waals surface area contributed by atoms with Crippen LogP contribution in [0.1, 0.15) is 12.5 Å². The molecule has 0 aliphatic rings. The molecular formula is C23H23N5O2. The maximum Gasteiger partial charge on any atom is 0.332 e. The largest absolute Gasteiger partial charge is 0.356 e. The average Bonchev–Trinajstić information content (AvgIpc) is 2.78. The number of anilines is 4. The lowest BCUT2D eigenvalue weighted by atomic mass is 10.1. The van der Waals surface area contributed by atoms with Crippen molar-refractivity contribution in [2.45, 2.75) is 13.3 Å². The van der Waals surface area contributed by atoms with Gasteiger partial charge in [-0.2, -0.15) is 0 Å². The predicted molar refractivity (Wildman–Crippen MR) is 121 cm³/mol. The van der Waals surface area contributed by atoms with Gasteiger partial charge in [-0.1, -0.05) is 25.1 Å². The Balaban J connectivity index is 1.75. The Kier molecular flexibility index (Phi) is 5.10. The Labute approximate surface area is 173 Å². The molecule has 152 valence electrons. The van der Waals surface area contributed by atoms with E-state index < -0.39 is 5.69 Å². The van der Waals surface area contributed by atoms with Crippen molar-refractivity contribution in [1.29, 1.82) is 0 Å². The summed E-state index contributed by atoms with van der Waals surface area (Å²) in [6.45, 7) is 2.01. The molecule has 0 radical (unpaired) electrons. The summed E-state index contributed by atoms with van der Waals surface area (Å²) in [4.78, 5) is 29.5. The van der Waals surface area contributed by atoms with Crippen molar-refractivity contribution >= 4 is 33.8 Å². The third-order valence-electron chi connectivity index (χ3n) is 5.15. The maximum atomic E-state index is 12.9. The van der Waals surface area contributed by atoms with E-state index in [2.05, 4.69) is 15.6 Å². The zero-order chi connectivity index (χ0) is 21.3. The minimum absolute atomic E-state index is 0.360. The average molecular weight is 401 g/mol. The lowest BCUT2D eigenvalue weighted by Gasteiger charge is -2.16. The number of aromatic nitrogens is 3. The van der Waals surface area contributed by atoms with Crippen molar-refractivity contribution in [1.82, 2.24) is 14.1 Å². The number of nitrogens with zero attached hydrogens (tertiary/aromatic N) is 3. The molecule has 4 rings (SSSR count). The summed E-state index contributed by atoms with van der Waals surface area (Å²) in [5.41, 5.74) is 4.01. The van der Waals surface area contributed by atoms with E-state index in [1.165, 1.54) is 11.6 Å². The quantitative estimate of drug-likeness (QED) is 0.533. The van der Waals surface area contributed by atoms with Crippen LogP contribution < -0.4 is 21.9 Å². The Morgan fingerprint density at radius 1 is 0.833 bits per heavy atom. The van der Waals surface area contributed by atoms with Gasteiger partial charge in [0.2, 0.25) is 0 Å². The molecule has 30 heavy (non-hydrogen) atoms. The molecular weight excluding hydrogens is 378 g/mol. The molecule has 0 bridgehead atoms. The van der Waals surface area contributed by atoms with Gasteiger partial charge in [0.1, 0.15) is 5.39 Å². The second kappa shape index (κ2) is 7.87. The van der Waals surface area contributed by atoms with Gasteiger partial charge in [-0.25, -0.2) is 9.78 Å². The number of pyridine rings is 1. The fourth-order valence-electron chi connectivity index (χ4n) is 3.45. The molecule has 0 spiro atoms. The number of hydrogen-bond acceptors (Lipinski definition) is 5. The first-order valence-electron chi connectivity index (χ1n) is 9.76. The Hall–Kier alpha value is -3.87. The van der Waals surface area contributed by atoms with Crippen LogP contribution in [0.4, 0.5) is 22.7 Å². The second-order valence-corrected chi connectivity index (χ2v) is 7.11. The van der Waals surface area contributed by atoms with Gasteiger partial charge in [0.05, 0.1) is 5.69 Å². The molecule has 7 nitrogen and oxygen atoms in total. The fourth-order valence-corrected chi connectivity index (χ4v) is 3.45. The Morgan fingerprint density at radius 3 is 2.07 bits per heavy atom. The van der Waals surface area contributed by atoms with Crippen molar-refractivity contribution in [3.8, 4) is 0 Å². The first-order chi connectivity index (χ1) is 14.5. The van der Waals surface area contributed by atoms with Crippen LogP contribution in [0.25, 0.3) is 11.0 Å². The zero-order valence-corrected chi connectivity index (χ0v) is 17.1. The summed E-state index contributed by atoms with van der Waals surface area (Å²) in [6, 6.07) is 17.8. The first-order valence-corrected chi connectivity index (χ1v) is 9.76. The van der Waals surface area contributed by atoms with Crippen molar-refractivity contribution in [3.05, 3.63) is 87.2 Å². The lowest BCUT2D eigenvalue weighted by Crippen LogP contribution is -2.37. The molecule has 2 N–H and O–H groups in total. The third kappa shape index (κ3) is 3.45. The zero-order valence-electron chi connectivity index (χ0n) is 17.1. The first kappa shape index (κ1) is 19.4. The summed E-state index contributed by atoms with van der Waals surface area (Å²) in [5, 5.41) is 7.13. The normalized spacial score (nSPS) is 10.9. The molecule has 0 atom stereocenters. The van der Waals surface area contributed by atoms with E-state index in [0.717, 1.165) is 27.2 Å². The highest BCUT2D eigenvalue weighted by molar-refractivity contribution is 5.92. The van der Waals surface area contributed by atoms with Crippen molar-refractivity contribution in [2.75, 3.05) is 10.6 Å². The standard InChI is InChI=1S/C23H23N5O2/c1-4-15-14-24-21-19(22(29)28(3)23(30)27(21)2)20(15)26-18-12-10-17(11-13-18)25-16-8-6-5-7-9-16/h5-14,25H,4H2,1-3H3,(H,24,26). The smallest absolute Gasteiger partial charge is 0.332 e. The number of para-hydroxylation sites is 1. The number of hydrogen-bond donors (Lipinski definition) is 2. The summed E-state index contributed by atoms with van der Waals surface area (Å²) >= 11 is 0. The molecule has 2 heterocycles. The van der Waals surface area contributed by atoms with E-state index in [1.54, 1.807) is 13.2 Å². The Bertz CT molecular complexity index is 1320. The molecule has 0 aliphatic heterocycles. The minimum Gasteiger partial charge on any atom is -0.356 e. The summed E-state index contributed by atoms with van der Waals surface area (Å²) in [5.74, 6) is 0. The van der Waals surface area contributed by atoms with Gasteiger partial charge < -0.3 is 10.6 Å². The van der Waals surface area contributed by atoms with Crippen LogP contribution in [0.5, 0.6) is 0 Å². The van der Waals surface area contributed by atoms with Gasteiger partial charge in [0.25, 0.3) is 5.56 Å². The van der Waals surface area contributed by atoms with Gasteiger partial charge >= 0.3 is 5.69 Å². The van der Waals surface area contributed by atoms with E-state index in [1.807, 2.05) is 61.5 Å². The third-order valence-corrected chi connectivity index (χ3v) is 5.15. The van der Waals surface area contributed by atoms with Crippen molar-refractivity contribution < 1.29 is 0 Å². The summed E-state index contributed by atoms with van der Waals surface area (Å²) in [6.07, 6.45) is 2.42. The monoisotopic (exact) mass is 401 g/mol. The maximum absolute atomic E-state index is 12.9. The minimum atomic E-state index is -0.397. The molecule has 4 aromatic rings. The van der Waals surface area contributed by atoms with Crippen LogP contribution >= 0.6 is 0 Å². The van der Waals surface area contributed by atoms with Crippen LogP contribution in [0, 0.1) is 0 Å². The van der Waals surface area contributed by atoms with E-state index in [0.29, 0.717) is 23.1 Å². The summed E-state index contributed by atoms with van der Waals surface area (Å²) < 4.78 is 2.51. The van der Waals surface area contributed by atoms with Gasteiger partial charge in [-0.3, -0.25) is 13.9 Å². The Morgan fingerprint density at radius 2 is 1.43 bits per heavy atom. The highest BCUT2D eigenvalue weighted by atomic mass is 16.2. The van der Waals surface area contributed by atoms with Gasteiger partial charge in [-0.05, 0) is 48.4 Å². The van der Waals surface area contributed by atoms with Crippen LogP contribution in [0.3, 0.4) is 0 Å². The topological polar surface area (TPSA) is 81.0 Å². The van der Waals surface area contributed by atoms with Crippen LogP contribution in [-0.2, 0) is 20.5 Å². The number of rotatable bonds is 5. The molecule has 0 unspecified atom stereocenters. The predicted octanol–water partition coefficient (Wildman–Crippen LogP) is 3.68.